The fourth-order valence-corrected chi connectivity index (χ4v) is 2.76. The molecule has 2 saturated heterocycles. The standard InChI is InChI=1S/C11H20FN/c1-9(2)6-11-4-3-5-13(11)8-10(12)7-11/h9-10H,3-8H2,1-2H3/t10-,11-/m1/s1/i5D2,10D. The number of alkyl halides is 1. The number of fused-ring (bicyclic) bond motifs is 1. The quantitative estimate of drug-likeness (QED) is 0.644. The van der Waals surface area contributed by atoms with E-state index in [0.717, 1.165) is 6.42 Å². The number of halogens is 1. The fraction of sp³-hybridized carbons (Fsp3) is 1.00. The first-order chi connectivity index (χ1) is 7.17. The Bertz CT molecular complexity index is 293. The zero-order valence-corrected chi connectivity index (χ0v) is 8.44. The van der Waals surface area contributed by atoms with Crippen molar-refractivity contribution in [1.29, 1.82) is 0 Å². The highest BCUT2D eigenvalue weighted by Crippen LogP contribution is 2.43. The normalized spacial score (nSPS) is 53.1. The van der Waals surface area contributed by atoms with Crippen molar-refractivity contribution in [3.05, 3.63) is 0 Å². The van der Waals surface area contributed by atoms with Gasteiger partial charge < -0.3 is 0 Å². The summed E-state index contributed by atoms with van der Waals surface area (Å²) in [5, 5.41) is 0. The predicted molar refractivity (Wildman–Crippen MR) is 52.5 cm³/mol. The first-order valence-electron chi connectivity index (χ1n) is 6.64. The molecule has 0 aromatic heterocycles. The molecule has 0 aromatic carbocycles. The maximum Gasteiger partial charge on any atom is 0.115 e. The minimum Gasteiger partial charge on any atom is -0.295 e. The minimum atomic E-state index is -1.97. The molecule has 2 heteroatoms. The lowest BCUT2D eigenvalue weighted by Gasteiger charge is -2.33. The van der Waals surface area contributed by atoms with Gasteiger partial charge in [-0.05, 0) is 38.1 Å². The van der Waals surface area contributed by atoms with Gasteiger partial charge in [-0.1, -0.05) is 13.8 Å². The Morgan fingerprint density at radius 2 is 2.54 bits per heavy atom. The third kappa shape index (κ3) is 1.61. The van der Waals surface area contributed by atoms with Crippen molar-refractivity contribution in [2.24, 2.45) is 5.92 Å². The molecule has 1 nitrogen and oxygen atoms in total. The first-order valence-corrected chi connectivity index (χ1v) is 5.14. The highest BCUT2D eigenvalue weighted by Gasteiger charge is 2.48. The molecule has 0 radical (unpaired) electrons. The Morgan fingerprint density at radius 1 is 1.77 bits per heavy atom. The smallest absolute Gasteiger partial charge is 0.115 e. The van der Waals surface area contributed by atoms with Crippen LogP contribution < -0.4 is 0 Å². The molecule has 2 heterocycles. The van der Waals surface area contributed by atoms with Crippen molar-refractivity contribution < 1.29 is 8.50 Å². The van der Waals surface area contributed by atoms with Gasteiger partial charge in [-0.2, -0.15) is 0 Å². The Kier molecular flexibility index (Phi) is 1.59. The van der Waals surface area contributed by atoms with Gasteiger partial charge in [0.15, 0.2) is 0 Å². The topological polar surface area (TPSA) is 3.24 Å². The van der Waals surface area contributed by atoms with Gasteiger partial charge in [-0.25, -0.2) is 4.39 Å². The van der Waals surface area contributed by atoms with Gasteiger partial charge in [-0.15, -0.1) is 0 Å². The van der Waals surface area contributed by atoms with Crippen LogP contribution in [0.25, 0.3) is 0 Å². The van der Waals surface area contributed by atoms with Crippen molar-refractivity contribution >= 4 is 0 Å². The van der Waals surface area contributed by atoms with E-state index in [-0.39, 0.29) is 13.0 Å². The molecule has 2 fully saturated rings. The number of hydrogen-bond donors (Lipinski definition) is 0. The van der Waals surface area contributed by atoms with Crippen LogP contribution in [0.2, 0.25) is 0 Å². The third-order valence-corrected chi connectivity index (χ3v) is 3.10. The molecule has 0 amide bonds. The monoisotopic (exact) mass is 188 g/mol. The van der Waals surface area contributed by atoms with Gasteiger partial charge in [-0.3, -0.25) is 4.90 Å². The van der Waals surface area contributed by atoms with Crippen LogP contribution in [0.1, 0.15) is 43.6 Å². The van der Waals surface area contributed by atoms with Gasteiger partial charge >= 0.3 is 0 Å². The van der Waals surface area contributed by atoms with Crippen LogP contribution in [0, 0.1) is 5.92 Å². The van der Waals surface area contributed by atoms with E-state index < -0.39 is 18.2 Å². The Hall–Kier alpha value is -0.110. The van der Waals surface area contributed by atoms with E-state index in [1.165, 1.54) is 0 Å². The van der Waals surface area contributed by atoms with E-state index in [4.69, 9.17) is 4.11 Å². The van der Waals surface area contributed by atoms with Crippen molar-refractivity contribution in [3.63, 3.8) is 0 Å². The van der Waals surface area contributed by atoms with E-state index >= 15 is 0 Å². The molecule has 76 valence electrons. The van der Waals surface area contributed by atoms with E-state index in [0.29, 0.717) is 18.8 Å². The summed E-state index contributed by atoms with van der Waals surface area (Å²) in [5.74, 6) is 0.408. The molecule has 0 N–H and O–H groups in total. The second-order valence-corrected chi connectivity index (χ2v) is 4.76. The lowest BCUT2D eigenvalue weighted by atomic mass is 9.85. The van der Waals surface area contributed by atoms with Crippen molar-refractivity contribution in [2.75, 3.05) is 13.0 Å². The first kappa shape index (κ1) is 6.39. The summed E-state index contributed by atoms with van der Waals surface area (Å²) in [5.41, 5.74) is -0.409. The highest BCUT2D eigenvalue weighted by atomic mass is 19.1. The van der Waals surface area contributed by atoms with Gasteiger partial charge in [0.1, 0.15) is 6.15 Å². The van der Waals surface area contributed by atoms with E-state index in [1.54, 1.807) is 4.90 Å². The van der Waals surface area contributed by atoms with Gasteiger partial charge in [0, 0.05) is 14.8 Å². The average molecular weight is 188 g/mol. The molecular weight excluding hydrogens is 165 g/mol. The van der Waals surface area contributed by atoms with E-state index in [1.807, 2.05) is 0 Å². The molecule has 0 aliphatic carbocycles. The number of nitrogens with zero attached hydrogens (tertiary/aromatic N) is 1. The van der Waals surface area contributed by atoms with Crippen LogP contribution in [-0.4, -0.2) is 29.6 Å². The maximum atomic E-state index is 13.8. The largest absolute Gasteiger partial charge is 0.295 e. The van der Waals surface area contributed by atoms with Crippen molar-refractivity contribution in [2.45, 2.75) is 51.2 Å². The van der Waals surface area contributed by atoms with E-state index in [9.17, 15) is 4.39 Å². The van der Waals surface area contributed by atoms with Crippen molar-refractivity contribution in [1.82, 2.24) is 4.90 Å². The summed E-state index contributed by atoms with van der Waals surface area (Å²) < 4.78 is 37.2. The lowest BCUT2D eigenvalue weighted by molar-refractivity contribution is 0.163. The third-order valence-electron chi connectivity index (χ3n) is 3.10. The summed E-state index contributed by atoms with van der Waals surface area (Å²) in [6, 6.07) is 0. The van der Waals surface area contributed by atoms with Crippen LogP contribution >= 0.6 is 0 Å². The van der Waals surface area contributed by atoms with Crippen LogP contribution in [-0.2, 0) is 0 Å². The summed E-state index contributed by atoms with van der Waals surface area (Å²) in [6.07, 6.45) is 0.135. The molecule has 0 saturated carbocycles. The van der Waals surface area contributed by atoms with Crippen LogP contribution in [0.15, 0.2) is 0 Å². The Balaban J connectivity index is 2.28. The second kappa shape index (κ2) is 3.23. The molecule has 2 rings (SSSR count). The molecule has 13 heavy (non-hydrogen) atoms. The summed E-state index contributed by atoms with van der Waals surface area (Å²) >= 11 is 0. The molecule has 0 aromatic rings. The second-order valence-electron chi connectivity index (χ2n) is 4.76. The fourth-order valence-electron chi connectivity index (χ4n) is 2.76. The maximum absolute atomic E-state index is 13.8. The van der Waals surface area contributed by atoms with E-state index in [2.05, 4.69) is 13.8 Å². The number of hydrogen-bond acceptors (Lipinski definition) is 1. The molecule has 2 aliphatic rings. The van der Waals surface area contributed by atoms with Crippen LogP contribution in [0.4, 0.5) is 4.39 Å². The SMILES string of the molecule is [2H]C1([2H])CC[C@@]2(CC(C)C)C[C@@]([2H])(F)CN12. The lowest BCUT2D eigenvalue weighted by Crippen LogP contribution is -2.39. The van der Waals surface area contributed by atoms with Crippen LogP contribution in [0.5, 0.6) is 0 Å². The molecule has 0 unspecified atom stereocenters. The number of rotatable bonds is 2. The van der Waals surface area contributed by atoms with Crippen LogP contribution in [0.3, 0.4) is 0 Å². The predicted octanol–water partition coefficient (Wildman–Crippen LogP) is 2.61. The molecular formula is C11H20FN. The minimum absolute atomic E-state index is 0.0767. The zero-order valence-electron chi connectivity index (χ0n) is 11.4. The van der Waals surface area contributed by atoms with Crippen molar-refractivity contribution in [3.8, 4) is 0 Å². The highest BCUT2D eigenvalue weighted by molar-refractivity contribution is 5.03. The molecule has 2 aliphatic heterocycles. The van der Waals surface area contributed by atoms with Gasteiger partial charge in [0.05, 0.1) is 1.37 Å². The molecule has 2 atom stereocenters. The summed E-state index contributed by atoms with van der Waals surface area (Å²) in [6.45, 7) is 2.64. The Labute approximate surface area is 84.5 Å². The summed E-state index contributed by atoms with van der Waals surface area (Å²) in [7, 11) is 0. The Morgan fingerprint density at radius 3 is 3.23 bits per heavy atom. The molecule has 0 spiro atoms. The zero-order chi connectivity index (χ0) is 12.2. The average Bonchev–Trinajstić information content (AvgIpc) is 2.44. The van der Waals surface area contributed by atoms with Gasteiger partial charge in [0.2, 0.25) is 0 Å². The van der Waals surface area contributed by atoms with Gasteiger partial charge in [0.25, 0.3) is 0 Å². The molecule has 0 bridgehead atoms. The summed E-state index contributed by atoms with van der Waals surface area (Å²) in [4.78, 5) is 1.62.